The van der Waals surface area contributed by atoms with E-state index in [4.69, 9.17) is 4.74 Å². The van der Waals surface area contributed by atoms with Crippen LogP contribution >= 0.6 is 15.9 Å². The Morgan fingerprint density at radius 1 is 1.80 bits per heavy atom. The molecule has 0 aliphatic heterocycles. The van der Waals surface area contributed by atoms with E-state index in [1.807, 2.05) is 0 Å². The van der Waals surface area contributed by atoms with Crippen LogP contribution in [0.5, 0.6) is 0 Å². The first kappa shape index (κ1) is 7.95. The van der Waals surface area contributed by atoms with E-state index in [1.54, 1.807) is 13.2 Å². The minimum atomic E-state index is -0.484. The fraction of sp³-hybridized carbons (Fsp3) is 0.429. The normalized spacial score (nSPS) is 32.1. The van der Waals surface area contributed by atoms with Gasteiger partial charge in [-0.3, -0.25) is 0 Å². The van der Waals surface area contributed by atoms with Gasteiger partial charge in [0.2, 0.25) is 0 Å². The van der Waals surface area contributed by atoms with Crippen molar-refractivity contribution in [2.75, 3.05) is 7.11 Å². The quantitative estimate of drug-likeness (QED) is 0.600. The molecule has 1 nitrogen and oxygen atoms in total. The molecule has 56 valence electrons. The van der Waals surface area contributed by atoms with Gasteiger partial charge >= 0.3 is 0 Å². The molecule has 3 heteroatoms. The molecule has 0 amide bonds. The molecule has 1 atom stereocenters. The molecule has 1 unspecified atom stereocenters. The van der Waals surface area contributed by atoms with E-state index in [1.165, 1.54) is 12.2 Å². The summed E-state index contributed by atoms with van der Waals surface area (Å²) >= 11 is 3.30. The summed E-state index contributed by atoms with van der Waals surface area (Å²) in [7, 11) is 1.58. The van der Waals surface area contributed by atoms with Crippen LogP contribution < -0.4 is 0 Å². The third-order valence-electron chi connectivity index (χ3n) is 1.41. The summed E-state index contributed by atoms with van der Waals surface area (Å²) in [6, 6.07) is 0. The molecular weight excluding hydrogens is 199 g/mol. The summed E-state index contributed by atoms with van der Waals surface area (Å²) in [5.41, 5.74) is 0. The van der Waals surface area contributed by atoms with Crippen molar-refractivity contribution >= 4 is 15.9 Å². The maximum Gasteiger partial charge on any atom is 0.144 e. The first-order valence-corrected chi connectivity index (χ1v) is 3.74. The van der Waals surface area contributed by atoms with Crippen molar-refractivity contribution in [2.45, 2.75) is 10.9 Å². The van der Waals surface area contributed by atoms with Crippen LogP contribution in [-0.4, -0.2) is 11.6 Å². The zero-order valence-electron chi connectivity index (χ0n) is 5.60. The van der Waals surface area contributed by atoms with Crippen LogP contribution in [-0.2, 0) is 4.74 Å². The Kier molecular flexibility index (Phi) is 2.26. The second kappa shape index (κ2) is 2.84. The van der Waals surface area contributed by atoms with Gasteiger partial charge < -0.3 is 4.74 Å². The van der Waals surface area contributed by atoms with E-state index in [0.29, 0.717) is 6.42 Å². The third-order valence-corrected chi connectivity index (χ3v) is 2.32. The van der Waals surface area contributed by atoms with E-state index < -0.39 is 4.51 Å². The molecular formula is C7H8BrFO. The minimum Gasteiger partial charge on any atom is -0.363 e. The Labute approximate surface area is 67.7 Å². The summed E-state index contributed by atoms with van der Waals surface area (Å²) in [5.74, 6) is -0.202. The van der Waals surface area contributed by atoms with Gasteiger partial charge in [0.15, 0.2) is 0 Å². The van der Waals surface area contributed by atoms with Crippen LogP contribution in [0.15, 0.2) is 24.1 Å². The van der Waals surface area contributed by atoms with Gasteiger partial charge in [0.1, 0.15) is 10.3 Å². The molecule has 0 N–H and O–H groups in total. The fourth-order valence-electron chi connectivity index (χ4n) is 0.728. The van der Waals surface area contributed by atoms with E-state index in [2.05, 4.69) is 15.9 Å². The Morgan fingerprint density at radius 3 is 2.90 bits per heavy atom. The molecule has 1 rings (SSSR count). The molecule has 1 aliphatic carbocycles. The number of hydrogen-bond donors (Lipinski definition) is 0. The molecule has 1 aliphatic rings. The first-order chi connectivity index (χ1) is 4.66. The largest absolute Gasteiger partial charge is 0.363 e. The number of alkyl halides is 1. The lowest BCUT2D eigenvalue weighted by molar-refractivity contribution is 0.118. The molecule has 0 spiro atoms. The third kappa shape index (κ3) is 1.67. The molecule has 0 heterocycles. The summed E-state index contributed by atoms with van der Waals surface area (Å²) in [5, 5.41) is 0. The molecule has 0 saturated carbocycles. The monoisotopic (exact) mass is 206 g/mol. The van der Waals surface area contributed by atoms with Crippen molar-refractivity contribution in [3.8, 4) is 0 Å². The number of allylic oxidation sites excluding steroid dienone is 2. The summed E-state index contributed by atoms with van der Waals surface area (Å²) in [4.78, 5) is 0. The molecule has 0 bridgehead atoms. The predicted octanol–water partition coefficient (Wildman–Crippen LogP) is 2.54. The Morgan fingerprint density at radius 2 is 2.50 bits per heavy atom. The van der Waals surface area contributed by atoms with Gasteiger partial charge in [-0.05, 0) is 34.2 Å². The standard InChI is InChI=1S/C7H8BrFO/c1-10-7(8)4-2-6(9)3-5-7/h2-4H,5H2,1H3. The maximum absolute atomic E-state index is 12.4. The molecule has 10 heavy (non-hydrogen) atoms. The highest BCUT2D eigenvalue weighted by atomic mass is 79.9. The van der Waals surface area contributed by atoms with Gasteiger partial charge in [-0.15, -0.1) is 0 Å². The molecule has 0 radical (unpaired) electrons. The van der Waals surface area contributed by atoms with Crippen molar-refractivity contribution < 1.29 is 9.13 Å². The van der Waals surface area contributed by atoms with Crippen molar-refractivity contribution in [1.29, 1.82) is 0 Å². The molecule has 0 aromatic carbocycles. The molecule has 0 aromatic heterocycles. The predicted molar refractivity (Wildman–Crippen MR) is 41.6 cm³/mol. The Hall–Kier alpha value is -0.150. The van der Waals surface area contributed by atoms with E-state index in [0.717, 1.165) is 0 Å². The van der Waals surface area contributed by atoms with Gasteiger partial charge in [0.25, 0.3) is 0 Å². The van der Waals surface area contributed by atoms with Crippen molar-refractivity contribution in [2.24, 2.45) is 0 Å². The van der Waals surface area contributed by atoms with Gasteiger partial charge in [-0.1, -0.05) is 0 Å². The topological polar surface area (TPSA) is 9.23 Å². The van der Waals surface area contributed by atoms with Crippen LogP contribution in [0.2, 0.25) is 0 Å². The van der Waals surface area contributed by atoms with Crippen molar-refractivity contribution in [1.82, 2.24) is 0 Å². The highest BCUT2D eigenvalue weighted by molar-refractivity contribution is 9.10. The van der Waals surface area contributed by atoms with Gasteiger partial charge in [0, 0.05) is 13.5 Å². The SMILES string of the molecule is COC1(Br)C=CC(F)=CC1. The number of ether oxygens (including phenoxy) is 1. The number of hydrogen-bond acceptors (Lipinski definition) is 1. The van der Waals surface area contributed by atoms with Crippen molar-refractivity contribution in [3.63, 3.8) is 0 Å². The Bertz CT molecular complexity index is 188. The number of rotatable bonds is 1. The minimum absolute atomic E-state index is 0.202. The highest BCUT2D eigenvalue weighted by Gasteiger charge is 2.23. The highest BCUT2D eigenvalue weighted by Crippen LogP contribution is 2.30. The summed E-state index contributed by atoms with van der Waals surface area (Å²) in [6.45, 7) is 0. The van der Waals surface area contributed by atoms with Gasteiger partial charge in [-0.2, -0.15) is 0 Å². The summed E-state index contributed by atoms with van der Waals surface area (Å²) in [6.07, 6.45) is 5.06. The maximum atomic E-state index is 12.4. The van der Waals surface area contributed by atoms with Crippen LogP contribution in [0.4, 0.5) is 4.39 Å². The fourth-order valence-corrected chi connectivity index (χ4v) is 1.02. The van der Waals surface area contributed by atoms with Crippen LogP contribution in [0.3, 0.4) is 0 Å². The summed E-state index contributed by atoms with van der Waals surface area (Å²) < 4.78 is 16.9. The van der Waals surface area contributed by atoms with Gasteiger partial charge in [-0.25, -0.2) is 4.39 Å². The van der Waals surface area contributed by atoms with E-state index in [9.17, 15) is 4.39 Å². The van der Waals surface area contributed by atoms with Crippen molar-refractivity contribution in [3.05, 3.63) is 24.1 Å². The lowest BCUT2D eigenvalue weighted by Gasteiger charge is -2.22. The second-order valence-electron chi connectivity index (χ2n) is 2.12. The molecule has 0 saturated heterocycles. The smallest absolute Gasteiger partial charge is 0.144 e. The zero-order chi connectivity index (χ0) is 7.61. The second-order valence-corrected chi connectivity index (χ2v) is 3.46. The van der Waals surface area contributed by atoms with E-state index in [-0.39, 0.29) is 5.83 Å². The lowest BCUT2D eigenvalue weighted by atomic mass is 10.1. The average Bonchev–Trinajstić information content (AvgIpc) is 1.96. The molecule has 0 fully saturated rings. The number of halogens is 2. The van der Waals surface area contributed by atoms with Crippen LogP contribution in [0.1, 0.15) is 6.42 Å². The zero-order valence-corrected chi connectivity index (χ0v) is 7.19. The average molecular weight is 207 g/mol. The Balaban J connectivity index is 2.67. The lowest BCUT2D eigenvalue weighted by Crippen LogP contribution is -2.20. The van der Waals surface area contributed by atoms with Crippen LogP contribution in [0, 0.1) is 0 Å². The van der Waals surface area contributed by atoms with Gasteiger partial charge in [0.05, 0.1) is 0 Å². The van der Waals surface area contributed by atoms with Crippen LogP contribution in [0.25, 0.3) is 0 Å². The first-order valence-electron chi connectivity index (χ1n) is 2.95. The van der Waals surface area contributed by atoms with E-state index >= 15 is 0 Å². The number of methoxy groups -OCH3 is 1. The molecule has 0 aromatic rings.